The van der Waals surface area contributed by atoms with Crippen molar-refractivity contribution in [3.63, 3.8) is 0 Å². The highest BCUT2D eigenvalue weighted by Gasteiger charge is 2.37. The van der Waals surface area contributed by atoms with Crippen molar-refractivity contribution in [2.75, 3.05) is 26.3 Å². The van der Waals surface area contributed by atoms with Crippen LogP contribution in [0.5, 0.6) is 5.75 Å². The molecular weight excluding hydrogens is 406 g/mol. The summed E-state index contributed by atoms with van der Waals surface area (Å²) in [4.78, 5) is 15.1. The van der Waals surface area contributed by atoms with E-state index in [4.69, 9.17) is 4.74 Å². The minimum atomic E-state index is -3.61. The van der Waals surface area contributed by atoms with E-state index in [0.717, 1.165) is 0 Å². The van der Waals surface area contributed by atoms with Gasteiger partial charge in [0.1, 0.15) is 5.75 Å². The van der Waals surface area contributed by atoms with Crippen LogP contribution in [-0.2, 0) is 20.3 Å². The third kappa shape index (κ3) is 2.98. The van der Waals surface area contributed by atoms with Gasteiger partial charge < -0.3 is 14.7 Å². The summed E-state index contributed by atoms with van der Waals surface area (Å²) in [6.45, 7) is 1.74. The number of carbonyl (C=O) groups is 1. The summed E-state index contributed by atoms with van der Waals surface area (Å²) < 4.78 is 32.8. The van der Waals surface area contributed by atoms with E-state index >= 15 is 0 Å². The smallest absolute Gasteiger partial charge is 0.274 e. The van der Waals surface area contributed by atoms with E-state index in [1.807, 2.05) is 0 Å². The number of phenols is 1. The molecule has 2 aromatic carbocycles. The molecule has 154 valence electrons. The average molecular weight is 425 g/mol. The van der Waals surface area contributed by atoms with Crippen molar-refractivity contribution >= 4 is 15.7 Å². The quantitative estimate of drug-likeness (QED) is 0.674. The summed E-state index contributed by atoms with van der Waals surface area (Å²) in [6.07, 6.45) is 0. The van der Waals surface area contributed by atoms with E-state index in [9.17, 15) is 18.3 Å². The molecule has 1 N–H and O–H groups in total. The molecule has 1 saturated heterocycles. The Kier molecular flexibility index (Phi) is 4.37. The zero-order chi connectivity index (χ0) is 20.9. The van der Waals surface area contributed by atoms with Gasteiger partial charge in [0.2, 0.25) is 0 Å². The van der Waals surface area contributed by atoms with E-state index in [-0.39, 0.29) is 28.0 Å². The number of rotatable bonds is 2. The lowest BCUT2D eigenvalue weighted by Crippen LogP contribution is -2.41. The molecule has 1 fully saturated rings. The van der Waals surface area contributed by atoms with E-state index in [1.54, 1.807) is 46.0 Å². The maximum atomic E-state index is 13.3. The number of hydrogen-bond acceptors (Lipinski definition) is 6. The Hall–Kier alpha value is -3.17. The van der Waals surface area contributed by atoms with Gasteiger partial charge in [0, 0.05) is 24.2 Å². The van der Waals surface area contributed by atoms with Crippen LogP contribution in [0.1, 0.15) is 16.1 Å². The number of sulfone groups is 1. The van der Waals surface area contributed by atoms with Crippen LogP contribution in [0.25, 0.3) is 16.9 Å². The molecule has 8 nitrogen and oxygen atoms in total. The number of morpholine rings is 1. The molecule has 0 radical (unpaired) electrons. The number of aromatic hydroxyl groups is 1. The second-order valence-corrected chi connectivity index (χ2v) is 9.22. The second kappa shape index (κ2) is 6.96. The lowest BCUT2D eigenvalue weighted by Gasteiger charge is -2.26. The molecule has 9 heteroatoms. The number of fused-ring (bicyclic) bond motifs is 3. The normalized spacial score (nSPS) is 17.3. The molecule has 0 spiro atoms. The number of aromatic nitrogens is 2. The highest BCUT2D eigenvalue weighted by atomic mass is 32.2. The molecule has 5 rings (SSSR count). The van der Waals surface area contributed by atoms with E-state index < -0.39 is 9.84 Å². The minimum Gasteiger partial charge on any atom is -0.508 e. The van der Waals surface area contributed by atoms with Crippen LogP contribution in [0.3, 0.4) is 0 Å². The van der Waals surface area contributed by atoms with E-state index in [2.05, 4.69) is 5.10 Å². The van der Waals surface area contributed by atoms with Crippen molar-refractivity contribution in [2.45, 2.75) is 10.6 Å². The molecule has 1 aromatic heterocycles. The number of carbonyl (C=O) groups excluding carboxylic acids is 1. The molecular formula is C21H19N3O5S. The predicted molar refractivity (Wildman–Crippen MR) is 108 cm³/mol. The molecule has 0 aliphatic carbocycles. The first kappa shape index (κ1) is 18.8. The van der Waals surface area contributed by atoms with Crippen LogP contribution in [0, 0.1) is 0 Å². The monoisotopic (exact) mass is 425 g/mol. The first-order chi connectivity index (χ1) is 14.5. The lowest BCUT2D eigenvalue weighted by atomic mass is 10.0. The Bertz CT molecular complexity index is 1240. The van der Waals surface area contributed by atoms with E-state index in [1.165, 1.54) is 12.1 Å². The van der Waals surface area contributed by atoms with Gasteiger partial charge in [0.25, 0.3) is 5.91 Å². The van der Waals surface area contributed by atoms with Crippen LogP contribution < -0.4 is 0 Å². The summed E-state index contributed by atoms with van der Waals surface area (Å²) in [5, 5.41) is 14.2. The number of nitrogens with zero attached hydrogens (tertiary/aromatic N) is 3. The van der Waals surface area contributed by atoms with Crippen LogP contribution >= 0.6 is 0 Å². The summed E-state index contributed by atoms with van der Waals surface area (Å²) in [5.74, 6) is -0.489. The number of benzene rings is 2. The molecule has 0 unspecified atom stereocenters. The largest absolute Gasteiger partial charge is 0.508 e. The average Bonchev–Trinajstić information content (AvgIpc) is 3.13. The number of ether oxygens (including phenoxy) is 1. The number of amides is 1. The summed E-state index contributed by atoms with van der Waals surface area (Å²) in [5.41, 5.74) is 2.26. The van der Waals surface area contributed by atoms with Crippen LogP contribution in [0.4, 0.5) is 0 Å². The highest BCUT2D eigenvalue weighted by molar-refractivity contribution is 7.90. The first-order valence-corrected chi connectivity index (χ1v) is 11.2. The second-order valence-electron chi connectivity index (χ2n) is 7.26. The fourth-order valence-corrected chi connectivity index (χ4v) is 5.53. The van der Waals surface area contributed by atoms with Crippen molar-refractivity contribution in [1.29, 1.82) is 0 Å². The zero-order valence-corrected chi connectivity index (χ0v) is 16.8. The minimum absolute atomic E-state index is 0.104. The van der Waals surface area contributed by atoms with E-state index in [0.29, 0.717) is 48.8 Å². The fourth-order valence-electron chi connectivity index (χ4n) is 3.93. The zero-order valence-electron chi connectivity index (χ0n) is 16.0. The molecule has 1 amide bonds. The van der Waals surface area contributed by atoms with Crippen molar-refractivity contribution in [3.05, 3.63) is 59.8 Å². The Morgan fingerprint density at radius 1 is 1.03 bits per heavy atom. The van der Waals surface area contributed by atoms with Gasteiger partial charge in [-0.05, 0) is 30.3 Å². The maximum absolute atomic E-state index is 13.3. The molecule has 30 heavy (non-hydrogen) atoms. The molecule has 2 aliphatic rings. The van der Waals surface area contributed by atoms with Crippen LogP contribution in [-0.4, -0.2) is 60.4 Å². The topological polar surface area (TPSA) is 102 Å². The van der Waals surface area contributed by atoms with Gasteiger partial charge in [0.05, 0.1) is 35.2 Å². The van der Waals surface area contributed by atoms with Gasteiger partial charge in [0.15, 0.2) is 15.5 Å². The SMILES string of the molecule is O=C(c1nn(-c2ccc(O)cc2)c2c1CS(=O)(=O)c1ccccc1-2)N1CCOCC1. The van der Waals surface area contributed by atoms with Crippen LogP contribution in [0.15, 0.2) is 53.4 Å². The Morgan fingerprint density at radius 2 is 1.73 bits per heavy atom. The molecule has 0 bridgehead atoms. The lowest BCUT2D eigenvalue weighted by molar-refractivity contribution is 0.0298. The third-order valence-electron chi connectivity index (χ3n) is 5.39. The van der Waals surface area contributed by atoms with Crippen molar-refractivity contribution in [1.82, 2.24) is 14.7 Å². The van der Waals surface area contributed by atoms with Crippen molar-refractivity contribution < 1.29 is 23.1 Å². The Morgan fingerprint density at radius 3 is 2.47 bits per heavy atom. The Labute approximate surface area is 173 Å². The summed E-state index contributed by atoms with van der Waals surface area (Å²) >= 11 is 0. The summed E-state index contributed by atoms with van der Waals surface area (Å²) in [6, 6.07) is 13.2. The molecule has 3 aromatic rings. The molecule has 3 heterocycles. The van der Waals surface area contributed by atoms with Gasteiger partial charge in [-0.3, -0.25) is 4.79 Å². The predicted octanol–water partition coefficient (Wildman–Crippen LogP) is 2.00. The third-order valence-corrected chi connectivity index (χ3v) is 7.09. The van der Waals surface area contributed by atoms with Gasteiger partial charge >= 0.3 is 0 Å². The van der Waals surface area contributed by atoms with Gasteiger partial charge in [-0.2, -0.15) is 5.10 Å². The highest BCUT2D eigenvalue weighted by Crippen LogP contribution is 2.40. The van der Waals surface area contributed by atoms with Gasteiger partial charge in [-0.25, -0.2) is 13.1 Å². The van der Waals surface area contributed by atoms with Gasteiger partial charge in [-0.15, -0.1) is 0 Å². The first-order valence-electron chi connectivity index (χ1n) is 9.56. The number of hydrogen-bond donors (Lipinski definition) is 1. The molecule has 2 aliphatic heterocycles. The van der Waals surface area contributed by atoms with Crippen LogP contribution in [0.2, 0.25) is 0 Å². The number of phenolic OH excluding ortho intramolecular Hbond substituents is 1. The summed E-state index contributed by atoms with van der Waals surface area (Å²) in [7, 11) is -3.61. The maximum Gasteiger partial charge on any atom is 0.274 e. The standard InChI is InChI=1S/C21H19N3O5S/c25-15-7-5-14(6-8-15)24-20-16-3-1-2-4-18(16)30(27,28)13-17(20)19(22-24)21(26)23-9-11-29-12-10-23/h1-8,25H,9-13H2. The molecule has 0 saturated carbocycles. The van der Waals surface area contributed by atoms with Crippen molar-refractivity contribution in [2.24, 2.45) is 0 Å². The molecule has 0 atom stereocenters. The Balaban J connectivity index is 1.75. The van der Waals surface area contributed by atoms with Crippen molar-refractivity contribution in [3.8, 4) is 22.7 Å². The fraction of sp³-hybridized carbons (Fsp3) is 0.238. The van der Waals surface area contributed by atoms with Gasteiger partial charge in [-0.1, -0.05) is 18.2 Å².